The lowest BCUT2D eigenvalue weighted by Crippen LogP contribution is -2.58. The molecule has 4 amide bonds. The Hall–Kier alpha value is -6.83. The molecule has 77 heavy (non-hydrogen) atoms. The highest BCUT2D eigenvalue weighted by Gasteiger charge is 2.43. The molecular formula is C55H69F2N13O6S. The predicted octanol–water partition coefficient (Wildman–Crippen LogP) is 5.84. The van der Waals surface area contributed by atoms with Crippen molar-refractivity contribution in [1.82, 2.24) is 50.4 Å². The first kappa shape index (κ1) is 56.4. The summed E-state index contributed by atoms with van der Waals surface area (Å²) in [6.45, 7) is 6.95. The molecule has 0 aliphatic carbocycles. The van der Waals surface area contributed by atoms with Crippen LogP contribution in [0.5, 0.6) is 5.88 Å². The van der Waals surface area contributed by atoms with Crippen molar-refractivity contribution in [2.45, 2.75) is 128 Å². The number of nitrogen functional groups attached to an aromatic ring is 1. The highest BCUT2D eigenvalue weighted by Crippen LogP contribution is 2.35. The molecule has 19 nitrogen and oxygen atoms in total. The molecule has 1 unspecified atom stereocenters. The second-order valence-electron chi connectivity index (χ2n) is 20.4. The monoisotopic (exact) mass is 1080 g/mol. The van der Waals surface area contributed by atoms with Crippen LogP contribution < -0.4 is 26.4 Å². The number of carbonyl (C=O) groups excluding carboxylic acids is 5. The Morgan fingerprint density at radius 2 is 1.70 bits per heavy atom. The summed E-state index contributed by atoms with van der Waals surface area (Å²) >= 11 is 1.50. The van der Waals surface area contributed by atoms with Gasteiger partial charge in [-0.3, -0.25) is 33.6 Å². The van der Waals surface area contributed by atoms with Crippen LogP contribution in [0, 0.1) is 28.9 Å². The van der Waals surface area contributed by atoms with E-state index in [-0.39, 0.29) is 83.7 Å². The Bertz CT molecular complexity index is 2870. The number of carbonyl (C=O) groups is 5. The van der Waals surface area contributed by atoms with Gasteiger partial charge in [0, 0.05) is 49.0 Å². The number of hydrogen-bond donors (Lipinski definition) is 4. The van der Waals surface area contributed by atoms with Crippen molar-refractivity contribution in [2.75, 3.05) is 58.3 Å². The number of likely N-dealkylation sites (N-methyl/N-ethyl adjacent to an activating group) is 1. The van der Waals surface area contributed by atoms with E-state index >= 15 is 0 Å². The number of likely N-dealkylation sites (tertiary alicyclic amines) is 2. The van der Waals surface area contributed by atoms with Gasteiger partial charge in [0.1, 0.15) is 41.6 Å². The zero-order valence-electron chi connectivity index (χ0n) is 44.2. The Balaban J connectivity index is 0.761. The number of nitriles is 1. The number of Topliss-reactive ketones (excluding diaryl/α,β-unsaturated/α-hetero) is 1. The molecule has 410 valence electrons. The van der Waals surface area contributed by atoms with Gasteiger partial charge in [0.05, 0.1) is 53.4 Å². The first-order valence-electron chi connectivity index (χ1n) is 26.8. The summed E-state index contributed by atoms with van der Waals surface area (Å²) in [6, 6.07) is 9.56. The number of anilines is 1. The van der Waals surface area contributed by atoms with Gasteiger partial charge in [0.15, 0.2) is 11.6 Å². The van der Waals surface area contributed by atoms with Crippen molar-refractivity contribution in [2.24, 2.45) is 10.9 Å². The number of hydrogen-bond acceptors (Lipinski definition) is 15. The van der Waals surface area contributed by atoms with E-state index in [1.807, 2.05) is 4.90 Å². The van der Waals surface area contributed by atoms with E-state index in [2.05, 4.69) is 36.9 Å². The second-order valence-corrected chi connectivity index (χ2v) is 21.4. The van der Waals surface area contributed by atoms with E-state index in [4.69, 9.17) is 20.6 Å². The maximum atomic E-state index is 14.5. The van der Waals surface area contributed by atoms with Gasteiger partial charge in [-0.1, -0.05) is 25.7 Å². The average molecular weight is 1080 g/mol. The topological polar surface area (TPSA) is 246 Å². The number of nitrogens with zero attached hydrogens (tertiary/aromatic N) is 9. The number of nitrogens with one attached hydrogen (secondary N) is 3. The molecule has 5 atom stereocenters. The van der Waals surface area contributed by atoms with Crippen LogP contribution in [0.2, 0.25) is 0 Å². The summed E-state index contributed by atoms with van der Waals surface area (Å²) in [7, 11) is 3.31. The molecule has 6 heterocycles. The number of halogens is 2. The Kier molecular flexibility index (Phi) is 19.0. The Morgan fingerprint density at radius 3 is 2.44 bits per heavy atom. The molecule has 2 bridgehead atoms. The number of thioether (sulfide) groups is 1. The normalized spacial score (nSPS) is 19.7. The lowest BCUT2D eigenvalue weighted by atomic mass is 9.88. The zero-order valence-corrected chi connectivity index (χ0v) is 45.1. The standard InChI is InChI=1S/C55H69F2N13O6S/c1-33(60-3)51(73)65-48(55(75)69-24-11-12-44(69)53-64-43(32-77-53)49(72)36-14-16-37(56)17-15-36)35-20-25-68(26-21-35)23-10-8-6-5-7-9-13-46(71)61-22-27-70-45(29-58)47-41-30-62-50(59)52(63-41)76-34(2)40-28-38(57)18-19-39(40)54(74)67(4)31-42(47)66-70/h14-19,28,30,33-35,43-44,48,60H,5-13,20-27,31-32H2,1-4H3,(H2,59,62)(H,61,71)(H,65,73)/t33-,34+,43?,44-,48-/m0/s1. The van der Waals surface area contributed by atoms with Crippen molar-refractivity contribution >= 4 is 52.0 Å². The molecule has 4 aliphatic rings. The zero-order chi connectivity index (χ0) is 54.8. The van der Waals surface area contributed by atoms with E-state index in [9.17, 15) is 38.0 Å². The molecule has 0 saturated carbocycles. The van der Waals surface area contributed by atoms with Crippen molar-refractivity contribution in [3.63, 3.8) is 0 Å². The van der Waals surface area contributed by atoms with Gasteiger partial charge in [0.2, 0.25) is 17.7 Å². The number of unbranched alkanes of at least 4 members (excludes halogenated alkanes) is 5. The molecule has 2 fully saturated rings. The fourth-order valence-corrected chi connectivity index (χ4v) is 11.7. The molecule has 8 rings (SSSR count). The smallest absolute Gasteiger partial charge is 0.258 e. The van der Waals surface area contributed by atoms with Gasteiger partial charge in [-0.15, -0.1) is 11.8 Å². The highest BCUT2D eigenvalue weighted by atomic mass is 32.2. The van der Waals surface area contributed by atoms with Gasteiger partial charge in [-0.05, 0) is 127 Å². The van der Waals surface area contributed by atoms with E-state index in [0.717, 1.165) is 88.9 Å². The minimum atomic E-state index is -0.821. The summed E-state index contributed by atoms with van der Waals surface area (Å²) in [4.78, 5) is 87.0. The number of nitrogens with two attached hydrogens (primary N) is 1. The van der Waals surface area contributed by atoms with Crippen molar-refractivity contribution < 1.29 is 37.5 Å². The second kappa shape index (κ2) is 26.0. The highest BCUT2D eigenvalue weighted by molar-refractivity contribution is 8.14. The Morgan fingerprint density at radius 1 is 0.974 bits per heavy atom. The first-order chi connectivity index (χ1) is 37.1. The number of amides is 4. The van der Waals surface area contributed by atoms with Crippen LogP contribution in [-0.2, 0) is 27.5 Å². The van der Waals surface area contributed by atoms with Crippen LogP contribution in [-0.4, -0.2) is 146 Å². The molecule has 4 aromatic rings. The fourth-order valence-electron chi connectivity index (χ4n) is 10.6. The lowest BCUT2D eigenvalue weighted by molar-refractivity contribution is -0.138. The van der Waals surface area contributed by atoms with Crippen LogP contribution >= 0.6 is 11.8 Å². The molecule has 4 aliphatic heterocycles. The van der Waals surface area contributed by atoms with Gasteiger partial charge >= 0.3 is 0 Å². The lowest BCUT2D eigenvalue weighted by Gasteiger charge is -2.38. The van der Waals surface area contributed by atoms with Crippen molar-refractivity contribution in [1.29, 1.82) is 5.26 Å². The minimum Gasteiger partial charge on any atom is -0.467 e. The summed E-state index contributed by atoms with van der Waals surface area (Å²) in [5, 5.41) is 24.9. The molecule has 0 spiro atoms. The summed E-state index contributed by atoms with van der Waals surface area (Å²) in [6.07, 6.45) is 9.81. The van der Waals surface area contributed by atoms with Gasteiger partial charge in [0.25, 0.3) is 11.8 Å². The third kappa shape index (κ3) is 13.7. The number of aliphatic imine (C=N–C) groups is 1. The van der Waals surface area contributed by atoms with E-state index in [1.54, 1.807) is 27.9 Å². The van der Waals surface area contributed by atoms with Crippen molar-refractivity contribution in [3.8, 4) is 23.2 Å². The van der Waals surface area contributed by atoms with E-state index in [1.165, 1.54) is 70.0 Å². The summed E-state index contributed by atoms with van der Waals surface area (Å²) < 4.78 is 35.5. The fraction of sp³-hybridized carbons (Fsp3) is 0.527. The maximum absolute atomic E-state index is 14.5. The molecule has 2 aromatic heterocycles. The number of rotatable bonds is 20. The molecule has 2 aromatic carbocycles. The van der Waals surface area contributed by atoms with Gasteiger partial charge < -0.3 is 41.1 Å². The van der Waals surface area contributed by atoms with Gasteiger partial charge in [-0.25, -0.2) is 18.7 Å². The number of fused-ring (bicyclic) bond motifs is 5. The Labute approximate surface area is 452 Å². The number of aromatic nitrogens is 4. The number of ether oxygens (including phenoxy) is 1. The van der Waals surface area contributed by atoms with E-state index < -0.39 is 41.8 Å². The largest absolute Gasteiger partial charge is 0.467 e. The molecule has 2 saturated heterocycles. The van der Waals surface area contributed by atoms with Crippen LogP contribution in [0.15, 0.2) is 53.7 Å². The van der Waals surface area contributed by atoms with Crippen LogP contribution in [0.4, 0.5) is 14.6 Å². The quantitative estimate of drug-likeness (QED) is 0.0601. The third-order valence-electron chi connectivity index (χ3n) is 15.1. The maximum Gasteiger partial charge on any atom is 0.258 e. The number of benzene rings is 2. The SMILES string of the molecule is CN[C@@H](C)C(=O)N[C@H](C(=O)N1CCC[C@H]1C1=NC(C(=O)c2ccc(F)cc2)CS1)C1CCN(CCCCCCCCC(=O)NCCn2nc3c(c2C#N)-c2cnc(N)c(n2)O[C@H](C)c2cc(F)ccc2C(=O)N(C)C3)CC1. The van der Waals surface area contributed by atoms with Gasteiger partial charge in [-0.2, -0.15) is 10.4 Å². The third-order valence-corrected chi connectivity index (χ3v) is 16.2. The summed E-state index contributed by atoms with van der Waals surface area (Å²) in [5.41, 5.74) is 8.22. The first-order valence-corrected chi connectivity index (χ1v) is 27.7. The van der Waals surface area contributed by atoms with Crippen molar-refractivity contribution in [3.05, 3.63) is 88.4 Å². The van der Waals surface area contributed by atoms with Crippen LogP contribution in [0.3, 0.4) is 0 Å². The number of piperidine rings is 1. The molecule has 0 radical (unpaired) electrons. The average Bonchev–Trinajstić information content (AvgIpc) is 4.21. The number of ketones is 1. The summed E-state index contributed by atoms with van der Waals surface area (Å²) in [5.74, 6) is -1.58. The molecular weight excluding hydrogens is 1010 g/mol. The van der Waals surface area contributed by atoms with E-state index in [0.29, 0.717) is 41.1 Å². The minimum absolute atomic E-state index is 0.00775. The van der Waals surface area contributed by atoms with Crippen LogP contribution in [0.25, 0.3) is 11.3 Å². The predicted molar refractivity (Wildman–Crippen MR) is 288 cm³/mol. The molecule has 22 heteroatoms. The van der Waals surface area contributed by atoms with Crippen LogP contribution in [0.1, 0.15) is 128 Å². The molecule has 5 N–H and O–H groups in total.